The van der Waals surface area contributed by atoms with Gasteiger partial charge in [0.05, 0.1) is 0 Å². The van der Waals surface area contributed by atoms with E-state index in [-0.39, 0.29) is 24.4 Å². The quantitative estimate of drug-likeness (QED) is 0.663. The van der Waals surface area contributed by atoms with Crippen LogP contribution in [-0.4, -0.2) is 52.9 Å². The van der Waals surface area contributed by atoms with Gasteiger partial charge >= 0.3 is 6.03 Å². The van der Waals surface area contributed by atoms with Crippen LogP contribution in [0.15, 0.2) is 72.9 Å². The van der Waals surface area contributed by atoms with Gasteiger partial charge in [-0.2, -0.15) is 0 Å². The van der Waals surface area contributed by atoms with Gasteiger partial charge in [-0.3, -0.25) is 10.1 Å². The van der Waals surface area contributed by atoms with Gasteiger partial charge in [-0.15, -0.1) is 0 Å². The lowest BCUT2D eigenvalue weighted by molar-refractivity contribution is 0.0671. The molecular formula is C24H23FN4O3. The number of halogens is 1. The van der Waals surface area contributed by atoms with Gasteiger partial charge in [-0.25, -0.2) is 14.2 Å². The summed E-state index contributed by atoms with van der Waals surface area (Å²) < 4.78 is 18.9. The second-order valence-electron chi connectivity index (χ2n) is 7.37. The maximum absolute atomic E-state index is 13.3. The van der Waals surface area contributed by atoms with Crippen LogP contribution in [0.4, 0.5) is 15.0 Å². The molecule has 1 saturated heterocycles. The van der Waals surface area contributed by atoms with Gasteiger partial charge in [0.2, 0.25) is 0 Å². The molecule has 0 radical (unpaired) electrons. The Hall–Kier alpha value is -3.94. The minimum absolute atomic E-state index is 0.0912. The van der Waals surface area contributed by atoms with Crippen molar-refractivity contribution in [3.05, 3.63) is 89.9 Å². The number of pyridine rings is 1. The number of amides is 3. The van der Waals surface area contributed by atoms with Crippen molar-refractivity contribution in [1.29, 1.82) is 0 Å². The van der Waals surface area contributed by atoms with Crippen molar-refractivity contribution in [3.8, 4) is 5.75 Å². The SMILES string of the molecule is O=C(Nc1ccccn1)N1CCN(C(=O)c2ccc(OCc3cccc(F)c3)cc2)CC1. The fraction of sp³-hybridized carbons (Fsp3) is 0.208. The summed E-state index contributed by atoms with van der Waals surface area (Å²) in [6.07, 6.45) is 1.62. The summed E-state index contributed by atoms with van der Waals surface area (Å²) in [5.41, 5.74) is 1.28. The van der Waals surface area contributed by atoms with Crippen molar-refractivity contribution < 1.29 is 18.7 Å². The van der Waals surface area contributed by atoms with E-state index in [0.29, 0.717) is 43.3 Å². The number of nitrogens with zero attached hydrogens (tertiary/aromatic N) is 3. The summed E-state index contributed by atoms with van der Waals surface area (Å²) in [6.45, 7) is 2.03. The highest BCUT2D eigenvalue weighted by atomic mass is 19.1. The summed E-state index contributed by atoms with van der Waals surface area (Å²) in [7, 11) is 0. The number of carbonyl (C=O) groups is 2. The van der Waals surface area contributed by atoms with Crippen LogP contribution in [-0.2, 0) is 6.61 Å². The van der Waals surface area contributed by atoms with E-state index in [1.165, 1.54) is 12.1 Å². The molecular weight excluding hydrogens is 411 g/mol. The van der Waals surface area contributed by atoms with E-state index in [9.17, 15) is 14.0 Å². The minimum Gasteiger partial charge on any atom is -0.489 e. The number of urea groups is 1. The number of nitrogens with one attached hydrogen (secondary N) is 1. The molecule has 0 saturated carbocycles. The Morgan fingerprint density at radius 2 is 1.69 bits per heavy atom. The standard InChI is InChI=1S/C24H23FN4O3/c25-20-5-3-4-18(16-20)17-32-21-9-7-19(8-10-21)23(30)28-12-14-29(15-13-28)24(31)27-22-6-1-2-11-26-22/h1-11,16H,12-15,17H2,(H,26,27,31). The van der Waals surface area contributed by atoms with E-state index < -0.39 is 0 Å². The van der Waals surface area contributed by atoms with E-state index in [1.54, 1.807) is 70.6 Å². The van der Waals surface area contributed by atoms with E-state index in [1.807, 2.05) is 0 Å². The first kappa shape index (κ1) is 21.3. The summed E-state index contributed by atoms with van der Waals surface area (Å²) in [6, 6.07) is 18.2. The average Bonchev–Trinajstić information content (AvgIpc) is 2.83. The highest BCUT2D eigenvalue weighted by molar-refractivity contribution is 5.94. The van der Waals surface area contributed by atoms with E-state index in [0.717, 1.165) is 5.56 Å². The summed E-state index contributed by atoms with van der Waals surface area (Å²) in [5.74, 6) is 0.699. The average molecular weight is 434 g/mol. The van der Waals surface area contributed by atoms with E-state index >= 15 is 0 Å². The predicted molar refractivity (Wildman–Crippen MR) is 118 cm³/mol. The van der Waals surface area contributed by atoms with Crippen LogP contribution in [0.1, 0.15) is 15.9 Å². The Labute approximate surface area is 185 Å². The van der Waals surface area contributed by atoms with Crippen LogP contribution in [0.3, 0.4) is 0 Å². The number of benzene rings is 2. The number of ether oxygens (including phenoxy) is 1. The van der Waals surface area contributed by atoms with Gasteiger partial charge in [-0.1, -0.05) is 18.2 Å². The largest absolute Gasteiger partial charge is 0.489 e. The summed E-state index contributed by atoms with van der Waals surface area (Å²) >= 11 is 0. The van der Waals surface area contributed by atoms with Gasteiger partial charge < -0.3 is 14.5 Å². The number of piperazine rings is 1. The predicted octanol–water partition coefficient (Wildman–Crippen LogP) is 3.79. The zero-order chi connectivity index (χ0) is 22.3. The number of hydrogen-bond acceptors (Lipinski definition) is 4. The molecule has 8 heteroatoms. The molecule has 1 fully saturated rings. The van der Waals surface area contributed by atoms with Gasteiger partial charge in [-0.05, 0) is 54.1 Å². The van der Waals surface area contributed by atoms with E-state index in [4.69, 9.17) is 4.74 Å². The number of aromatic nitrogens is 1. The Balaban J connectivity index is 1.27. The number of rotatable bonds is 5. The van der Waals surface area contributed by atoms with Crippen LogP contribution in [0, 0.1) is 5.82 Å². The third kappa shape index (κ3) is 5.40. The van der Waals surface area contributed by atoms with Gasteiger partial charge in [0.1, 0.15) is 24.0 Å². The molecule has 2 heterocycles. The fourth-order valence-electron chi connectivity index (χ4n) is 3.41. The molecule has 32 heavy (non-hydrogen) atoms. The molecule has 1 aliphatic heterocycles. The van der Waals surface area contributed by atoms with Crippen LogP contribution in [0.2, 0.25) is 0 Å². The Kier molecular flexibility index (Phi) is 6.60. The highest BCUT2D eigenvalue weighted by Gasteiger charge is 2.25. The molecule has 1 aromatic heterocycles. The third-order valence-corrected chi connectivity index (χ3v) is 5.15. The van der Waals surface area contributed by atoms with Gasteiger partial charge in [0, 0.05) is 37.9 Å². The second-order valence-corrected chi connectivity index (χ2v) is 7.37. The lowest BCUT2D eigenvalue weighted by atomic mass is 10.1. The van der Waals surface area contributed by atoms with Gasteiger partial charge in [0.25, 0.3) is 5.91 Å². The second kappa shape index (κ2) is 9.91. The van der Waals surface area contributed by atoms with Crippen molar-refractivity contribution in [1.82, 2.24) is 14.8 Å². The molecule has 164 valence electrons. The first-order valence-corrected chi connectivity index (χ1v) is 10.3. The molecule has 4 rings (SSSR count). The van der Waals surface area contributed by atoms with Crippen LogP contribution < -0.4 is 10.1 Å². The number of anilines is 1. The van der Waals surface area contributed by atoms with Gasteiger partial charge in [0.15, 0.2) is 0 Å². The third-order valence-electron chi connectivity index (χ3n) is 5.15. The van der Waals surface area contributed by atoms with Crippen molar-refractivity contribution in [2.75, 3.05) is 31.5 Å². The molecule has 7 nitrogen and oxygen atoms in total. The lowest BCUT2D eigenvalue weighted by Gasteiger charge is -2.34. The van der Waals surface area contributed by atoms with Crippen LogP contribution >= 0.6 is 0 Å². The molecule has 0 bridgehead atoms. The molecule has 1 N–H and O–H groups in total. The first-order chi connectivity index (χ1) is 15.6. The molecule has 0 spiro atoms. The number of carbonyl (C=O) groups excluding carboxylic acids is 2. The maximum Gasteiger partial charge on any atom is 0.323 e. The molecule has 0 atom stereocenters. The van der Waals surface area contributed by atoms with Crippen molar-refractivity contribution in [2.24, 2.45) is 0 Å². The smallest absolute Gasteiger partial charge is 0.323 e. The zero-order valence-electron chi connectivity index (χ0n) is 17.4. The molecule has 0 unspecified atom stereocenters. The summed E-state index contributed by atoms with van der Waals surface area (Å²) in [4.78, 5) is 32.7. The molecule has 3 amide bonds. The number of hydrogen-bond donors (Lipinski definition) is 1. The lowest BCUT2D eigenvalue weighted by Crippen LogP contribution is -2.51. The Morgan fingerprint density at radius 1 is 0.938 bits per heavy atom. The molecule has 0 aliphatic carbocycles. The topological polar surface area (TPSA) is 74.8 Å². The van der Waals surface area contributed by atoms with Crippen molar-refractivity contribution in [2.45, 2.75) is 6.61 Å². The minimum atomic E-state index is -0.304. The zero-order valence-corrected chi connectivity index (χ0v) is 17.4. The molecule has 2 aromatic carbocycles. The van der Waals surface area contributed by atoms with Crippen molar-refractivity contribution in [3.63, 3.8) is 0 Å². The van der Waals surface area contributed by atoms with Crippen molar-refractivity contribution >= 4 is 17.8 Å². The first-order valence-electron chi connectivity index (χ1n) is 10.3. The normalized spacial score (nSPS) is 13.5. The summed E-state index contributed by atoms with van der Waals surface area (Å²) in [5, 5.41) is 2.76. The van der Waals surface area contributed by atoms with Crippen LogP contribution in [0.5, 0.6) is 5.75 Å². The maximum atomic E-state index is 13.3. The van der Waals surface area contributed by atoms with Crippen LogP contribution in [0.25, 0.3) is 0 Å². The highest BCUT2D eigenvalue weighted by Crippen LogP contribution is 2.17. The molecule has 1 aliphatic rings. The molecule has 3 aromatic rings. The Bertz CT molecular complexity index is 1070. The Morgan fingerprint density at radius 3 is 2.38 bits per heavy atom. The monoisotopic (exact) mass is 434 g/mol. The fourth-order valence-corrected chi connectivity index (χ4v) is 3.41. The van der Waals surface area contributed by atoms with E-state index in [2.05, 4.69) is 10.3 Å².